The average molecular weight is 261 g/mol. The lowest BCUT2D eigenvalue weighted by molar-refractivity contribution is 0.0715. The van der Waals surface area contributed by atoms with Gasteiger partial charge >= 0.3 is 0 Å². The van der Waals surface area contributed by atoms with E-state index >= 15 is 0 Å². The Morgan fingerprint density at radius 2 is 1.53 bits per heavy atom. The molecule has 19 heavy (non-hydrogen) atoms. The van der Waals surface area contributed by atoms with Crippen LogP contribution in [0.5, 0.6) is 0 Å². The van der Waals surface area contributed by atoms with Gasteiger partial charge in [0.05, 0.1) is 0 Å². The fourth-order valence-electron chi connectivity index (χ4n) is 2.18. The first-order chi connectivity index (χ1) is 8.81. The Labute approximate surface area is 117 Å². The van der Waals surface area contributed by atoms with Crippen molar-refractivity contribution >= 4 is 5.91 Å². The molecule has 2 heteroatoms. The third-order valence-electron chi connectivity index (χ3n) is 3.21. The summed E-state index contributed by atoms with van der Waals surface area (Å²) in [6.45, 7) is 14.4. The van der Waals surface area contributed by atoms with Crippen molar-refractivity contribution in [2.45, 2.75) is 41.5 Å². The van der Waals surface area contributed by atoms with Gasteiger partial charge in [-0.25, -0.2) is 0 Å². The van der Waals surface area contributed by atoms with E-state index in [1.54, 1.807) is 0 Å². The minimum atomic E-state index is 0.158. The van der Waals surface area contributed by atoms with Crippen molar-refractivity contribution in [3.63, 3.8) is 0 Å². The number of rotatable bonds is 5. The summed E-state index contributed by atoms with van der Waals surface area (Å²) < 4.78 is 0. The van der Waals surface area contributed by atoms with Crippen LogP contribution in [0.25, 0.3) is 0 Å². The minimum absolute atomic E-state index is 0.158. The second-order valence-electron chi connectivity index (χ2n) is 6.30. The molecular weight excluding hydrogens is 234 g/mol. The van der Waals surface area contributed by atoms with E-state index in [4.69, 9.17) is 0 Å². The second kappa shape index (κ2) is 6.74. The van der Waals surface area contributed by atoms with E-state index in [-0.39, 0.29) is 5.91 Å². The van der Waals surface area contributed by atoms with E-state index in [1.165, 1.54) is 11.1 Å². The van der Waals surface area contributed by atoms with E-state index in [0.29, 0.717) is 11.8 Å². The summed E-state index contributed by atoms with van der Waals surface area (Å²) in [5.41, 5.74) is 3.22. The molecule has 0 aromatic heterocycles. The van der Waals surface area contributed by atoms with Crippen LogP contribution < -0.4 is 0 Å². The molecule has 0 atom stereocenters. The van der Waals surface area contributed by atoms with Gasteiger partial charge in [-0.15, -0.1) is 0 Å². The second-order valence-corrected chi connectivity index (χ2v) is 6.30. The molecule has 1 amide bonds. The molecule has 1 aromatic carbocycles. The molecule has 0 bridgehead atoms. The smallest absolute Gasteiger partial charge is 0.253 e. The van der Waals surface area contributed by atoms with E-state index in [0.717, 1.165) is 18.7 Å². The van der Waals surface area contributed by atoms with E-state index in [2.05, 4.69) is 41.5 Å². The van der Waals surface area contributed by atoms with Crippen molar-refractivity contribution in [2.24, 2.45) is 11.8 Å². The number of nitrogens with zero attached hydrogens (tertiary/aromatic N) is 1. The zero-order chi connectivity index (χ0) is 14.6. The fraction of sp³-hybridized carbons (Fsp3) is 0.588. The SMILES string of the molecule is Cc1ccc(C(=O)N(CC(C)C)CC(C)C)cc1C. The molecule has 0 radical (unpaired) electrons. The minimum Gasteiger partial charge on any atom is -0.338 e. The number of carbonyl (C=O) groups excluding carboxylic acids is 1. The van der Waals surface area contributed by atoms with Gasteiger partial charge < -0.3 is 4.90 Å². The van der Waals surface area contributed by atoms with E-state index in [1.807, 2.05) is 23.1 Å². The topological polar surface area (TPSA) is 20.3 Å². The Bertz CT molecular complexity index is 425. The molecule has 0 aliphatic heterocycles. The predicted molar refractivity (Wildman–Crippen MR) is 81.5 cm³/mol. The van der Waals surface area contributed by atoms with Gasteiger partial charge in [0.25, 0.3) is 5.91 Å². The zero-order valence-corrected chi connectivity index (χ0v) is 13.2. The molecule has 106 valence electrons. The van der Waals surface area contributed by atoms with Crippen molar-refractivity contribution in [2.75, 3.05) is 13.1 Å². The number of hydrogen-bond donors (Lipinski definition) is 0. The molecule has 0 N–H and O–H groups in total. The van der Waals surface area contributed by atoms with Crippen LogP contribution in [0.4, 0.5) is 0 Å². The lowest BCUT2D eigenvalue weighted by atomic mass is 10.0. The van der Waals surface area contributed by atoms with Gasteiger partial charge in [0, 0.05) is 18.7 Å². The summed E-state index contributed by atoms with van der Waals surface area (Å²) in [5.74, 6) is 1.15. The summed E-state index contributed by atoms with van der Waals surface area (Å²) in [6, 6.07) is 5.98. The lowest BCUT2D eigenvalue weighted by Gasteiger charge is -2.26. The maximum Gasteiger partial charge on any atom is 0.253 e. The van der Waals surface area contributed by atoms with Gasteiger partial charge in [-0.3, -0.25) is 4.79 Å². The summed E-state index contributed by atoms with van der Waals surface area (Å²) in [7, 11) is 0. The van der Waals surface area contributed by atoms with Crippen LogP contribution in [0.1, 0.15) is 49.2 Å². The number of carbonyl (C=O) groups is 1. The van der Waals surface area contributed by atoms with Crippen molar-refractivity contribution in [3.8, 4) is 0 Å². The average Bonchev–Trinajstić information content (AvgIpc) is 2.29. The van der Waals surface area contributed by atoms with Crippen molar-refractivity contribution < 1.29 is 4.79 Å². The molecule has 1 rings (SSSR count). The lowest BCUT2D eigenvalue weighted by Crippen LogP contribution is -2.37. The van der Waals surface area contributed by atoms with Gasteiger partial charge in [-0.2, -0.15) is 0 Å². The molecule has 0 aliphatic carbocycles. The highest BCUT2D eigenvalue weighted by Crippen LogP contribution is 2.14. The molecule has 2 nitrogen and oxygen atoms in total. The summed E-state index contributed by atoms with van der Waals surface area (Å²) in [5, 5.41) is 0. The number of amides is 1. The van der Waals surface area contributed by atoms with Crippen molar-refractivity contribution in [1.29, 1.82) is 0 Å². The Kier molecular flexibility index (Phi) is 5.59. The van der Waals surface area contributed by atoms with Crippen LogP contribution >= 0.6 is 0 Å². The third kappa shape index (κ3) is 4.70. The van der Waals surface area contributed by atoms with Crippen LogP contribution in [-0.4, -0.2) is 23.9 Å². The van der Waals surface area contributed by atoms with Crippen molar-refractivity contribution in [3.05, 3.63) is 34.9 Å². The number of benzene rings is 1. The fourth-order valence-corrected chi connectivity index (χ4v) is 2.18. The number of aryl methyl sites for hydroxylation is 2. The van der Waals surface area contributed by atoms with Crippen LogP contribution in [-0.2, 0) is 0 Å². The predicted octanol–water partition coefficient (Wildman–Crippen LogP) is 4.06. The molecule has 0 aliphatic rings. The highest BCUT2D eigenvalue weighted by Gasteiger charge is 2.18. The Hall–Kier alpha value is -1.31. The van der Waals surface area contributed by atoms with Gasteiger partial charge in [-0.1, -0.05) is 33.8 Å². The monoisotopic (exact) mass is 261 g/mol. The largest absolute Gasteiger partial charge is 0.338 e. The van der Waals surface area contributed by atoms with Gasteiger partial charge in [-0.05, 0) is 48.9 Å². The first kappa shape index (κ1) is 15.7. The van der Waals surface area contributed by atoms with Gasteiger partial charge in [0.15, 0.2) is 0 Å². The Morgan fingerprint density at radius 3 is 1.95 bits per heavy atom. The third-order valence-corrected chi connectivity index (χ3v) is 3.21. The van der Waals surface area contributed by atoms with Crippen LogP contribution in [0.2, 0.25) is 0 Å². The number of hydrogen-bond acceptors (Lipinski definition) is 1. The van der Waals surface area contributed by atoms with Crippen LogP contribution in [0, 0.1) is 25.7 Å². The summed E-state index contributed by atoms with van der Waals surface area (Å²) >= 11 is 0. The van der Waals surface area contributed by atoms with E-state index in [9.17, 15) is 4.79 Å². The van der Waals surface area contributed by atoms with Gasteiger partial charge in [0.1, 0.15) is 0 Å². The quantitative estimate of drug-likeness (QED) is 0.782. The first-order valence-corrected chi connectivity index (χ1v) is 7.17. The van der Waals surface area contributed by atoms with Crippen LogP contribution in [0.3, 0.4) is 0 Å². The van der Waals surface area contributed by atoms with Crippen LogP contribution in [0.15, 0.2) is 18.2 Å². The summed E-state index contributed by atoms with van der Waals surface area (Å²) in [6.07, 6.45) is 0. The maximum absolute atomic E-state index is 12.6. The Balaban J connectivity index is 2.94. The maximum atomic E-state index is 12.6. The molecule has 0 saturated heterocycles. The highest BCUT2D eigenvalue weighted by molar-refractivity contribution is 5.94. The molecule has 0 unspecified atom stereocenters. The molecule has 1 aromatic rings. The molecule has 0 heterocycles. The van der Waals surface area contributed by atoms with Crippen molar-refractivity contribution in [1.82, 2.24) is 4.90 Å². The van der Waals surface area contributed by atoms with Gasteiger partial charge in [0.2, 0.25) is 0 Å². The molecule has 0 spiro atoms. The van der Waals surface area contributed by atoms with E-state index < -0.39 is 0 Å². The first-order valence-electron chi connectivity index (χ1n) is 7.17. The molecule has 0 fully saturated rings. The standard InChI is InChI=1S/C17H27NO/c1-12(2)10-18(11-13(3)4)17(19)16-8-7-14(5)15(6)9-16/h7-9,12-13H,10-11H2,1-6H3. The summed E-state index contributed by atoms with van der Waals surface area (Å²) in [4.78, 5) is 14.6. The normalized spacial score (nSPS) is 11.2. The molecule has 0 saturated carbocycles. The molecular formula is C17H27NO. The Morgan fingerprint density at radius 1 is 1.00 bits per heavy atom. The highest BCUT2D eigenvalue weighted by atomic mass is 16.2. The zero-order valence-electron chi connectivity index (χ0n) is 13.2.